The summed E-state index contributed by atoms with van der Waals surface area (Å²) < 4.78 is 56.4. The maximum absolute atomic E-state index is 14.6. The second-order valence-electron chi connectivity index (χ2n) is 13.5. The Morgan fingerprint density at radius 3 is 2.43 bits per heavy atom. The number of likely N-dealkylation sites (tertiary alicyclic amines) is 1. The van der Waals surface area contributed by atoms with Gasteiger partial charge in [-0.2, -0.15) is 13.2 Å². The first-order chi connectivity index (χ1) is 22.0. The molecule has 2 aliphatic carbocycles. The fourth-order valence-electron chi connectivity index (χ4n) is 8.93. The zero-order chi connectivity index (χ0) is 32.3. The van der Waals surface area contributed by atoms with E-state index < -0.39 is 29.4 Å². The van der Waals surface area contributed by atoms with Crippen LogP contribution in [0, 0.1) is 5.92 Å². The highest BCUT2D eigenvalue weighted by Gasteiger charge is 2.67. The van der Waals surface area contributed by atoms with Gasteiger partial charge in [-0.15, -0.1) is 0 Å². The van der Waals surface area contributed by atoms with Gasteiger partial charge in [0, 0.05) is 43.2 Å². The van der Waals surface area contributed by atoms with Gasteiger partial charge in [0.05, 0.1) is 37.3 Å². The van der Waals surface area contributed by atoms with Gasteiger partial charge >= 0.3 is 12.1 Å². The van der Waals surface area contributed by atoms with Crippen molar-refractivity contribution in [3.63, 3.8) is 0 Å². The minimum absolute atomic E-state index is 0.0270. The lowest BCUT2D eigenvalue weighted by Gasteiger charge is -2.60. The minimum atomic E-state index is -5.10. The van der Waals surface area contributed by atoms with Gasteiger partial charge in [0.1, 0.15) is 11.9 Å². The number of esters is 1. The lowest BCUT2D eigenvalue weighted by atomic mass is 9.51. The van der Waals surface area contributed by atoms with Crippen LogP contribution in [0.25, 0.3) is 5.76 Å². The first kappa shape index (κ1) is 30.5. The van der Waals surface area contributed by atoms with Gasteiger partial charge in [-0.25, -0.2) is 0 Å². The summed E-state index contributed by atoms with van der Waals surface area (Å²) in [7, 11) is 2.39. The first-order valence-corrected chi connectivity index (χ1v) is 16.1. The number of likely N-dealkylation sites (N-methyl/N-ethyl adjacent to an activating group) is 1. The Morgan fingerprint density at radius 1 is 1.02 bits per heavy atom. The Morgan fingerprint density at radius 2 is 1.74 bits per heavy atom. The average molecular weight is 632 g/mol. The van der Waals surface area contributed by atoms with E-state index in [-0.39, 0.29) is 22.8 Å². The summed E-state index contributed by atoms with van der Waals surface area (Å²) in [5.74, 6) is -2.31. The van der Waals surface area contributed by atoms with E-state index in [2.05, 4.69) is 36.6 Å². The largest absolute Gasteiger partial charge is 0.487 e. The summed E-state index contributed by atoms with van der Waals surface area (Å²) in [6.45, 7) is 3.04. The number of nitrogens with zero attached hydrogens (tertiary/aromatic N) is 1. The number of alkyl halides is 3. The molecule has 240 valence electrons. The number of nitrogens with one attached hydrogen (secondary N) is 1. The van der Waals surface area contributed by atoms with E-state index in [0.29, 0.717) is 17.7 Å². The van der Waals surface area contributed by atoms with E-state index >= 15 is 0 Å². The van der Waals surface area contributed by atoms with Crippen LogP contribution in [0.2, 0.25) is 0 Å². The molecule has 1 saturated heterocycles. The van der Waals surface area contributed by atoms with E-state index in [1.165, 1.54) is 35.4 Å². The first-order valence-electron chi connectivity index (χ1n) is 16.1. The third-order valence-corrected chi connectivity index (χ3v) is 10.9. The van der Waals surface area contributed by atoms with E-state index in [1.807, 2.05) is 12.1 Å². The smallest absolute Gasteiger partial charge is 0.425 e. The second kappa shape index (κ2) is 11.3. The van der Waals surface area contributed by atoms with Crippen LogP contribution in [0.1, 0.15) is 54.9 Å². The number of rotatable bonds is 7. The number of carbonyl (C=O) groups is 2. The molecule has 2 heterocycles. The van der Waals surface area contributed by atoms with Crippen LogP contribution in [0.15, 0.2) is 78.4 Å². The Hall–Kier alpha value is -4.11. The highest BCUT2D eigenvalue weighted by molar-refractivity contribution is 6.10. The molecule has 0 aromatic heterocycles. The summed E-state index contributed by atoms with van der Waals surface area (Å²) in [4.78, 5) is 25.5. The van der Waals surface area contributed by atoms with Gasteiger partial charge in [0.2, 0.25) is 0 Å². The van der Waals surface area contributed by atoms with Crippen molar-refractivity contribution in [1.82, 2.24) is 0 Å². The van der Waals surface area contributed by atoms with Crippen LogP contribution in [0.5, 0.6) is 5.75 Å². The van der Waals surface area contributed by atoms with Gasteiger partial charge in [-0.1, -0.05) is 66.7 Å². The van der Waals surface area contributed by atoms with Crippen LogP contribution in [0.3, 0.4) is 0 Å². The van der Waals surface area contributed by atoms with E-state index in [0.717, 1.165) is 68.6 Å². The van der Waals surface area contributed by atoms with Crippen LogP contribution in [-0.2, 0) is 32.6 Å². The standard InChI is InChI=1S/C37H37F3N2O4/c1-23(43)45-33(25-12-7-4-8-13-25)32(37(38,39)40)35(44)41-28-17-16-26-22-29-27-14-9-15-30-36(27,31(26)34(28)46-30)19-21-42(29,2)20-18-24-10-5-3-6-11-24/h3-8,10-13,16-17,27,29-30H,9,14-15,18-22H2,1-2H3/p+1/t27-,29+,30-,36+,42?/m0/s1. The van der Waals surface area contributed by atoms with Crippen LogP contribution >= 0.6 is 0 Å². The number of benzene rings is 3. The Kier molecular flexibility index (Phi) is 7.50. The zero-order valence-corrected chi connectivity index (χ0v) is 26.0. The molecule has 2 bridgehead atoms. The number of carbonyl (C=O) groups excluding carboxylic acids is 2. The summed E-state index contributed by atoms with van der Waals surface area (Å²) in [5, 5.41) is 2.54. The highest BCUT2D eigenvalue weighted by Crippen LogP contribution is 2.64. The molecule has 2 fully saturated rings. The molecule has 9 heteroatoms. The molecule has 2 aliphatic heterocycles. The van der Waals surface area contributed by atoms with Crippen molar-refractivity contribution in [3.8, 4) is 5.75 Å². The van der Waals surface area contributed by atoms with Crippen molar-refractivity contribution in [1.29, 1.82) is 0 Å². The van der Waals surface area contributed by atoms with Gasteiger partial charge < -0.3 is 19.3 Å². The maximum Gasteiger partial charge on any atom is 0.425 e. The van der Waals surface area contributed by atoms with Gasteiger partial charge in [-0.3, -0.25) is 9.59 Å². The molecule has 5 atom stereocenters. The zero-order valence-electron chi connectivity index (χ0n) is 26.0. The van der Waals surface area contributed by atoms with Crippen molar-refractivity contribution >= 4 is 23.3 Å². The molecule has 1 unspecified atom stereocenters. The number of hydrogen-bond acceptors (Lipinski definition) is 4. The van der Waals surface area contributed by atoms with Crippen LogP contribution < -0.4 is 10.1 Å². The van der Waals surface area contributed by atoms with Crippen LogP contribution in [-0.4, -0.2) is 54.8 Å². The molecule has 3 aromatic rings. The second-order valence-corrected chi connectivity index (χ2v) is 13.5. The lowest BCUT2D eigenvalue weighted by molar-refractivity contribution is -0.945. The Bertz CT molecular complexity index is 1710. The normalized spacial score (nSPS) is 28.0. The number of ether oxygens (including phenoxy) is 2. The lowest BCUT2D eigenvalue weighted by Crippen LogP contribution is -2.70. The quantitative estimate of drug-likeness (QED) is 0.132. The monoisotopic (exact) mass is 631 g/mol. The molecule has 6 nitrogen and oxygen atoms in total. The summed E-state index contributed by atoms with van der Waals surface area (Å²) in [6.07, 6.45) is 0.603. The molecule has 7 rings (SSSR count). The number of hydrogen-bond donors (Lipinski definition) is 1. The Balaban J connectivity index is 1.25. The maximum atomic E-state index is 14.6. The number of amides is 1. The third kappa shape index (κ3) is 5.00. The number of anilines is 1. The fraction of sp³-hybridized carbons (Fsp3) is 0.405. The minimum Gasteiger partial charge on any atom is -0.487 e. The molecular weight excluding hydrogens is 593 g/mol. The van der Waals surface area contributed by atoms with Crippen molar-refractivity contribution < 1.29 is 36.7 Å². The molecular formula is C37H38F3N2O4+. The number of piperidine rings is 1. The molecule has 1 amide bonds. The van der Waals surface area contributed by atoms with Crippen molar-refractivity contribution in [3.05, 3.63) is 101 Å². The molecule has 1 spiro atoms. The third-order valence-electron chi connectivity index (χ3n) is 10.9. The van der Waals surface area contributed by atoms with Crippen molar-refractivity contribution in [2.75, 3.05) is 25.5 Å². The van der Waals surface area contributed by atoms with Crippen molar-refractivity contribution in [2.24, 2.45) is 5.92 Å². The van der Waals surface area contributed by atoms with Crippen LogP contribution in [0.4, 0.5) is 18.9 Å². The van der Waals surface area contributed by atoms with Gasteiger partial charge in [0.25, 0.3) is 5.91 Å². The number of quaternary nitrogens is 1. The topological polar surface area (TPSA) is 64.6 Å². The predicted octanol–water partition coefficient (Wildman–Crippen LogP) is 6.98. The molecule has 46 heavy (non-hydrogen) atoms. The summed E-state index contributed by atoms with van der Waals surface area (Å²) in [5.41, 5.74) is 1.98. The van der Waals surface area contributed by atoms with E-state index in [9.17, 15) is 22.8 Å². The highest BCUT2D eigenvalue weighted by atomic mass is 19.4. The summed E-state index contributed by atoms with van der Waals surface area (Å²) >= 11 is 0. The summed E-state index contributed by atoms with van der Waals surface area (Å²) in [6, 6.07) is 22.0. The molecule has 4 aliphatic rings. The van der Waals surface area contributed by atoms with Gasteiger partial charge in [0.15, 0.2) is 11.3 Å². The molecule has 1 saturated carbocycles. The van der Waals surface area contributed by atoms with Gasteiger partial charge in [-0.05, 0) is 36.5 Å². The predicted molar refractivity (Wildman–Crippen MR) is 168 cm³/mol. The molecule has 1 N–H and O–H groups in total. The van der Waals surface area contributed by atoms with Crippen molar-refractivity contribution in [2.45, 2.75) is 69.2 Å². The average Bonchev–Trinajstić information content (AvgIpc) is 3.38. The Labute approximate surface area is 266 Å². The molecule has 3 aromatic carbocycles. The fourth-order valence-corrected chi connectivity index (χ4v) is 8.93. The van der Waals surface area contributed by atoms with E-state index in [1.54, 1.807) is 12.1 Å². The van der Waals surface area contributed by atoms with E-state index in [4.69, 9.17) is 9.47 Å². The number of halogens is 3. The molecule has 0 radical (unpaired) electrons. The SMILES string of the molecule is CC(=O)OC(=C(C(=O)Nc1ccc2c3c1O[C@H]1CCC[C@H]4[C@@H](C2)[N+](C)(CCc2ccccc2)CC[C@]314)C(F)(F)F)c1ccccc1.